The molecular formula is C25H23FN2O2S. The number of carbonyl (C=O) groups is 1. The largest absolute Gasteiger partial charge is 0.497 e. The van der Waals surface area contributed by atoms with E-state index in [9.17, 15) is 9.18 Å². The first-order valence-corrected chi connectivity index (χ1v) is 11.2. The van der Waals surface area contributed by atoms with Gasteiger partial charge in [-0.25, -0.2) is 9.40 Å². The number of hydrogen-bond acceptors (Lipinski definition) is 4. The molecule has 0 unspecified atom stereocenters. The van der Waals surface area contributed by atoms with E-state index in [-0.39, 0.29) is 17.8 Å². The summed E-state index contributed by atoms with van der Waals surface area (Å²) in [5.41, 5.74) is 3.83. The third-order valence-corrected chi connectivity index (χ3v) is 6.17. The second-order valence-electron chi connectivity index (χ2n) is 7.26. The number of halogens is 1. The van der Waals surface area contributed by atoms with Gasteiger partial charge in [0.2, 0.25) is 0 Å². The topological polar surface area (TPSA) is 41.9 Å². The number of hydrazone groups is 1. The minimum absolute atomic E-state index is 0.0567. The summed E-state index contributed by atoms with van der Waals surface area (Å²) in [5, 5.41) is 6.23. The summed E-state index contributed by atoms with van der Waals surface area (Å²) in [6, 6.07) is 23.8. The predicted octanol–water partition coefficient (Wildman–Crippen LogP) is 5.45. The molecule has 0 bridgehead atoms. The Morgan fingerprint density at radius 1 is 1.06 bits per heavy atom. The molecule has 0 spiro atoms. The lowest BCUT2D eigenvalue weighted by Crippen LogP contribution is -2.28. The Hall–Kier alpha value is -3.12. The van der Waals surface area contributed by atoms with Crippen molar-refractivity contribution in [2.24, 2.45) is 5.10 Å². The van der Waals surface area contributed by atoms with E-state index >= 15 is 0 Å². The van der Waals surface area contributed by atoms with Crippen molar-refractivity contribution >= 4 is 23.4 Å². The maximum Gasteiger partial charge on any atom is 0.253 e. The molecule has 0 saturated carbocycles. The molecule has 4 nitrogen and oxygen atoms in total. The molecule has 1 heterocycles. The predicted molar refractivity (Wildman–Crippen MR) is 123 cm³/mol. The van der Waals surface area contributed by atoms with Gasteiger partial charge in [0.1, 0.15) is 11.6 Å². The van der Waals surface area contributed by atoms with Gasteiger partial charge in [-0.3, -0.25) is 4.79 Å². The molecule has 6 heteroatoms. The number of nitrogens with zero attached hydrogens (tertiary/aromatic N) is 2. The average Bonchev–Trinajstić information content (AvgIpc) is 3.26. The van der Waals surface area contributed by atoms with Crippen molar-refractivity contribution in [3.8, 4) is 5.75 Å². The summed E-state index contributed by atoms with van der Waals surface area (Å²) in [4.78, 5) is 13.1. The van der Waals surface area contributed by atoms with Gasteiger partial charge in [-0.2, -0.15) is 5.10 Å². The van der Waals surface area contributed by atoms with E-state index in [0.29, 0.717) is 12.2 Å². The van der Waals surface area contributed by atoms with E-state index in [0.717, 1.165) is 28.3 Å². The average molecular weight is 435 g/mol. The molecule has 4 rings (SSSR count). The van der Waals surface area contributed by atoms with Crippen molar-refractivity contribution in [1.82, 2.24) is 5.01 Å². The molecular weight excluding hydrogens is 411 g/mol. The molecule has 3 aromatic carbocycles. The quantitative estimate of drug-likeness (QED) is 0.497. The van der Waals surface area contributed by atoms with E-state index in [1.807, 2.05) is 42.5 Å². The van der Waals surface area contributed by atoms with Crippen molar-refractivity contribution < 1.29 is 13.9 Å². The molecule has 0 radical (unpaired) electrons. The summed E-state index contributed by atoms with van der Waals surface area (Å²) in [5.74, 6) is 1.50. The number of methoxy groups -OCH3 is 1. The third-order valence-electron chi connectivity index (χ3n) is 5.18. The summed E-state index contributed by atoms with van der Waals surface area (Å²) >= 11 is 1.57. The van der Waals surface area contributed by atoms with Gasteiger partial charge in [0, 0.05) is 12.2 Å². The van der Waals surface area contributed by atoms with Gasteiger partial charge in [0.15, 0.2) is 0 Å². The molecule has 0 saturated heterocycles. The lowest BCUT2D eigenvalue weighted by molar-refractivity contribution is -0.130. The van der Waals surface area contributed by atoms with Crippen LogP contribution in [-0.4, -0.2) is 29.5 Å². The lowest BCUT2D eigenvalue weighted by Gasteiger charge is -2.22. The number of benzene rings is 3. The Morgan fingerprint density at radius 3 is 2.45 bits per heavy atom. The zero-order valence-corrected chi connectivity index (χ0v) is 18.0. The maximum atomic E-state index is 13.4. The fourth-order valence-electron chi connectivity index (χ4n) is 3.54. The van der Waals surface area contributed by atoms with Crippen LogP contribution < -0.4 is 4.74 Å². The first-order chi connectivity index (χ1) is 15.1. The Morgan fingerprint density at radius 2 is 1.77 bits per heavy atom. The van der Waals surface area contributed by atoms with Crippen molar-refractivity contribution in [2.75, 3.05) is 12.9 Å². The van der Waals surface area contributed by atoms with Gasteiger partial charge in [-0.1, -0.05) is 42.5 Å². The molecule has 0 fully saturated rings. The van der Waals surface area contributed by atoms with Crippen LogP contribution in [0, 0.1) is 5.82 Å². The first kappa shape index (κ1) is 21.1. The molecule has 1 aliphatic rings. The van der Waals surface area contributed by atoms with Crippen molar-refractivity contribution in [3.05, 3.63) is 101 Å². The summed E-state index contributed by atoms with van der Waals surface area (Å²) < 4.78 is 18.7. The molecule has 0 N–H and O–H groups in total. The fraction of sp³-hybridized carbons (Fsp3) is 0.200. The molecule has 1 atom stereocenters. The minimum atomic E-state index is -0.297. The molecule has 0 aromatic heterocycles. The van der Waals surface area contributed by atoms with Gasteiger partial charge < -0.3 is 4.74 Å². The van der Waals surface area contributed by atoms with Crippen LogP contribution in [0.15, 0.2) is 84.0 Å². The number of ether oxygens (including phenoxy) is 1. The maximum absolute atomic E-state index is 13.4. The fourth-order valence-corrected chi connectivity index (χ4v) is 4.38. The van der Waals surface area contributed by atoms with Crippen LogP contribution in [0.3, 0.4) is 0 Å². The second-order valence-corrected chi connectivity index (χ2v) is 8.25. The Kier molecular flexibility index (Phi) is 6.67. The van der Waals surface area contributed by atoms with Crippen LogP contribution in [0.5, 0.6) is 5.75 Å². The number of hydrogen-bond donors (Lipinski definition) is 0. The highest BCUT2D eigenvalue weighted by atomic mass is 32.2. The molecule has 1 amide bonds. The molecule has 0 aliphatic carbocycles. The summed E-state index contributed by atoms with van der Waals surface area (Å²) in [6.07, 6.45) is 0.576. The van der Waals surface area contributed by atoms with Gasteiger partial charge >= 0.3 is 0 Å². The van der Waals surface area contributed by atoms with Gasteiger partial charge in [0.25, 0.3) is 5.91 Å². The highest BCUT2D eigenvalue weighted by Crippen LogP contribution is 2.34. The second kappa shape index (κ2) is 9.79. The van der Waals surface area contributed by atoms with E-state index in [1.165, 1.54) is 17.7 Å². The first-order valence-electron chi connectivity index (χ1n) is 10.0. The zero-order chi connectivity index (χ0) is 21.6. The van der Waals surface area contributed by atoms with E-state index in [1.54, 1.807) is 36.0 Å². The summed E-state index contributed by atoms with van der Waals surface area (Å²) in [7, 11) is 1.63. The standard InChI is InChI=1S/C25H23FN2O2S/c1-30-22-13-9-19(10-14-22)23-15-24(20-7-11-21(26)12-8-20)28(27-23)25(29)17-31-16-18-5-3-2-4-6-18/h2-14,24H,15-17H2,1H3/t24-/m1/s1. The SMILES string of the molecule is COc1ccc(C2=NN(C(=O)CSCc3ccccc3)[C@@H](c3ccc(F)cc3)C2)cc1. The third kappa shape index (κ3) is 5.14. The Balaban J connectivity index is 1.52. The lowest BCUT2D eigenvalue weighted by atomic mass is 9.98. The van der Waals surface area contributed by atoms with Crippen LogP contribution in [0.25, 0.3) is 0 Å². The number of thioether (sulfide) groups is 1. The van der Waals surface area contributed by atoms with Crippen LogP contribution in [-0.2, 0) is 10.5 Å². The monoisotopic (exact) mass is 434 g/mol. The molecule has 3 aromatic rings. The minimum Gasteiger partial charge on any atom is -0.497 e. The Labute approximate surface area is 185 Å². The van der Waals surface area contributed by atoms with E-state index < -0.39 is 0 Å². The van der Waals surface area contributed by atoms with E-state index in [4.69, 9.17) is 4.74 Å². The van der Waals surface area contributed by atoms with Gasteiger partial charge in [-0.05, 0) is 53.1 Å². The van der Waals surface area contributed by atoms with Crippen LogP contribution in [0.2, 0.25) is 0 Å². The van der Waals surface area contributed by atoms with Crippen molar-refractivity contribution in [3.63, 3.8) is 0 Å². The number of rotatable bonds is 7. The van der Waals surface area contributed by atoms with Crippen LogP contribution in [0.4, 0.5) is 4.39 Å². The number of carbonyl (C=O) groups excluding carboxylic acids is 1. The summed E-state index contributed by atoms with van der Waals surface area (Å²) in [6.45, 7) is 0. The van der Waals surface area contributed by atoms with Crippen molar-refractivity contribution in [2.45, 2.75) is 18.2 Å². The number of amides is 1. The van der Waals surface area contributed by atoms with Crippen molar-refractivity contribution in [1.29, 1.82) is 0 Å². The highest BCUT2D eigenvalue weighted by Gasteiger charge is 2.32. The molecule has 31 heavy (non-hydrogen) atoms. The van der Waals surface area contributed by atoms with Gasteiger partial charge in [-0.15, -0.1) is 11.8 Å². The smallest absolute Gasteiger partial charge is 0.253 e. The molecule has 1 aliphatic heterocycles. The molecule has 158 valence electrons. The van der Waals surface area contributed by atoms with Gasteiger partial charge in [0.05, 0.1) is 24.6 Å². The zero-order valence-electron chi connectivity index (χ0n) is 17.2. The van der Waals surface area contributed by atoms with Crippen LogP contribution in [0.1, 0.15) is 29.2 Å². The van der Waals surface area contributed by atoms with E-state index in [2.05, 4.69) is 17.2 Å². The Bertz CT molecular complexity index is 1050. The highest BCUT2D eigenvalue weighted by molar-refractivity contribution is 7.99. The van der Waals surface area contributed by atoms with Crippen LogP contribution >= 0.6 is 11.8 Å². The normalized spacial score (nSPS) is 15.6.